The van der Waals surface area contributed by atoms with Crippen LogP contribution >= 0.6 is 0 Å². The van der Waals surface area contributed by atoms with Crippen molar-refractivity contribution < 1.29 is 0 Å². The largest absolute Gasteiger partial charge is 0.382 e. The molecule has 116 valence electrons. The highest BCUT2D eigenvalue weighted by Crippen LogP contribution is 2.30. The summed E-state index contributed by atoms with van der Waals surface area (Å²) in [4.78, 5) is 14.8. The quantitative estimate of drug-likeness (QED) is 0.796. The van der Waals surface area contributed by atoms with Crippen LogP contribution in [0.1, 0.15) is 18.2 Å². The van der Waals surface area contributed by atoms with E-state index in [-0.39, 0.29) is 0 Å². The Kier molecular flexibility index (Phi) is 3.58. The lowest BCUT2D eigenvalue weighted by Crippen LogP contribution is -2.15. The summed E-state index contributed by atoms with van der Waals surface area (Å²) >= 11 is 0. The normalized spacial score (nSPS) is 10.7. The Morgan fingerprint density at radius 1 is 1.35 bits per heavy atom. The number of rotatable bonds is 3. The highest BCUT2D eigenvalue weighted by molar-refractivity contribution is 5.88. The molecule has 0 aromatic carbocycles. The summed E-state index contributed by atoms with van der Waals surface area (Å²) in [5.41, 5.74) is 9.94. The molecule has 2 N–H and O–H groups in total. The Labute approximate surface area is 134 Å². The Bertz CT molecular complexity index is 920. The van der Waals surface area contributed by atoms with Gasteiger partial charge in [-0.1, -0.05) is 6.92 Å². The summed E-state index contributed by atoms with van der Waals surface area (Å²) in [6.45, 7) is 2.05. The number of nitrogens with zero attached hydrogens (tertiary/aromatic N) is 6. The minimum Gasteiger partial charge on any atom is -0.382 e. The lowest BCUT2D eigenvalue weighted by Gasteiger charge is -2.21. The third-order valence-electron chi connectivity index (χ3n) is 3.89. The highest BCUT2D eigenvalue weighted by Gasteiger charge is 2.15. The van der Waals surface area contributed by atoms with Gasteiger partial charge in [0.1, 0.15) is 23.1 Å². The molecule has 3 aromatic rings. The van der Waals surface area contributed by atoms with Crippen LogP contribution in [-0.4, -0.2) is 26.6 Å². The van der Waals surface area contributed by atoms with Gasteiger partial charge in [-0.3, -0.25) is 0 Å². The maximum atomic E-state index is 9.09. The van der Waals surface area contributed by atoms with Gasteiger partial charge in [0, 0.05) is 32.0 Å². The van der Waals surface area contributed by atoms with Crippen molar-refractivity contribution in [3.8, 4) is 6.07 Å². The molecule has 0 amide bonds. The fourth-order valence-corrected chi connectivity index (χ4v) is 2.55. The van der Waals surface area contributed by atoms with Gasteiger partial charge in [-0.15, -0.1) is 0 Å². The van der Waals surface area contributed by atoms with E-state index in [1.54, 1.807) is 18.6 Å². The molecule has 23 heavy (non-hydrogen) atoms. The minimum absolute atomic E-state index is 0.374. The average molecular weight is 307 g/mol. The lowest BCUT2D eigenvalue weighted by molar-refractivity contribution is 0.946. The molecular formula is C16H17N7. The molecule has 0 fully saturated rings. The SMILES string of the molecule is CCc1cnc(C#N)cc1N(C)c1cc2c(ncn2C)c(N)n1. The van der Waals surface area contributed by atoms with Crippen molar-refractivity contribution in [3.05, 3.63) is 35.9 Å². The van der Waals surface area contributed by atoms with Crippen molar-refractivity contribution in [2.24, 2.45) is 7.05 Å². The number of imidazole rings is 1. The molecule has 0 aliphatic heterocycles. The van der Waals surface area contributed by atoms with Crippen LogP contribution in [0.25, 0.3) is 11.0 Å². The Hall–Kier alpha value is -3.14. The van der Waals surface area contributed by atoms with Gasteiger partial charge >= 0.3 is 0 Å². The fourth-order valence-electron chi connectivity index (χ4n) is 2.55. The van der Waals surface area contributed by atoms with E-state index < -0.39 is 0 Å². The van der Waals surface area contributed by atoms with E-state index in [0.717, 1.165) is 23.2 Å². The number of anilines is 3. The minimum atomic E-state index is 0.374. The smallest absolute Gasteiger partial charge is 0.154 e. The third-order valence-corrected chi connectivity index (χ3v) is 3.89. The lowest BCUT2D eigenvalue weighted by atomic mass is 10.1. The van der Waals surface area contributed by atoms with Crippen molar-refractivity contribution in [2.45, 2.75) is 13.3 Å². The number of nitriles is 1. The molecule has 7 heteroatoms. The zero-order chi connectivity index (χ0) is 16.6. The van der Waals surface area contributed by atoms with Crippen LogP contribution in [0.5, 0.6) is 0 Å². The van der Waals surface area contributed by atoms with E-state index in [1.807, 2.05) is 36.6 Å². The van der Waals surface area contributed by atoms with Gasteiger partial charge in [-0.25, -0.2) is 15.0 Å². The van der Waals surface area contributed by atoms with Gasteiger partial charge in [-0.05, 0) is 18.1 Å². The summed E-state index contributed by atoms with van der Waals surface area (Å²) in [6, 6.07) is 5.78. The number of pyridine rings is 2. The van der Waals surface area contributed by atoms with Crippen LogP contribution in [0.2, 0.25) is 0 Å². The maximum absolute atomic E-state index is 9.09. The molecule has 3 heterocycles. The third kappa shape index (κ3) is 2.44. The molecular weight excluding hydrogens is 290 g/mol. The van der Waals surface area contributed by atoms with Crippen LogP contribution in [0.3, 0.4) is 0 Å². The van der Waals surface area contributed by atoms with Gasteiger partial charge in [0.2, 0.25) is 0 Å². The summed E-state index contributed by atoms with van der Waals surface area (Å²) < 4.78 is 1.90. The monoisotopic (exact) mass is 307 g/mol. The Morgan fingerprint density at radius 2 is 2.13 bits per heavy atom. The van der Waals surface area contributed by atoms with E-state index in [1.165, 1.54) is 0 Å². The number of fused-ring (bicyclic) bond motifs is 1. The molecule has 0 bridgehead atoms. The van der Waals surface area contributed by atoms with Crippen molar-refractivity contribution >= 4 is 28.4 Å². The van der Waals surface area contributed by atoms with Crippen LogP contribution in [0, 0.1) is 11.3 Å². The highest BCUT2D eigenvalue weighted by atomic mass is 15.2. The number of nitrogens with two attached hydrogens (primary N) is 1. The molecule has 0 saturated carbocycles. The molecule has 0 radical (unpaired) electrons. The van der Waals surface area contributed by atoms with Crippen molar-refractivity contribution in [2.75, 3.05) is 17.7 Å². The van der Waals surface area contributed by atoms with Crippen molar-refractivity contribution in [1.29, 1.82) is 5.26 Å². The topological polar surface area (TPSA) is 96.7 Å². The van der Waals surface area contributed by atoms with Crippen molar-refractivity contribution in [1.82, 2.24) is 19.5 Å². The molecule has 3 rings (SSSR count). The number of hydrogen-bond donors (Lipinski definition) is 1. The van der Waals surface area contributed by atoms with Gasteiger partial charge in [0.15, 0.2) is 5.82 Å². The summed E-state index contributed by atoms with van der Waals surface area (Å²) in [6.07, 6.45) is 4.25. The zero-order valence-corrected chi connectivity index (χ0v) is 13.3. The molecule has 0 atom stereocenters. The van der Waals surface area contributed by atoms with E-state index in [9.17, 15) is 0 Å². The second-order valence-corrected chi connectivity index (χ2v) is 5.31. The fraction of sp³-hybridized carbons (Fsp3) is 0.250. The van der Waals surface area contributed by atoms with Gasteiger partial charge in [0.25, 0.3) is 0 Å². The first-order valence-corrected chi connectivity index (χ1v) is 7.25. The molecule has 0 saturated heterocycles. The predicted octanol–water partition coefficient (Wildman–Crippen LogP) is 2.15. The van der Waals surface area contributed by atoms with Gasteiger partial charge in [-0.2, -0.15) is 5.26 Å². The first-order chi connectivity index (χ1) is 11.0. The first kappa shape index (κ1) is 14.8. The summed E-state index contributed by atoms with van der Waals surface area (Å²) in [7, 11) is 3.82. The van der Waals surface area contributed by atoms with E-state index in [4.69, 9.17) is 11.0 Å². The first-order valence-electron chi connectivity index (χ1n) is 7.25. The number of aromatic nitrogens is 4. The Balaban J connectivity index is 2.15. The van der Waals surface area contributed by atoms with Crippen LogP contribution in [0.15, 0.2) is 24.7 Å². The standard InChI is InChI=1S/C16H17N7/c1-4-10-8-19-11(7-17)5-12(10)23(3)14-6-13-15(16(18)21-14)20-9-22(13)2/h5-6,8-9H,4H2,1-3H3,(H2,18,21). The average Bonchev–Trinajstić information content (AvgIpc) is 2.95. The molecule has 0 unspecified atom stereocenters. The van der Waals surface area contributed by atoms with Gasteiger partial charge < -0.3 is 15.2 Å². The zero-order valence-electron chi connectivity index (χ0n) is 13.3. The van der Waals surface area contributed by atoms with E-state index in [0.29, 0.717) is 22.8 Å². The van der Waals surface area contributed by atoms with Crippen molar-refractivity contribution in [3.63, 3.8) is 0 Å². The summed E-state index contributed by atoms with van der Waals surface area (Å²) in [5, 5.41) is 9.09. The van der Waals surface area contributed by atoms with E-state index in [2.05, 4.69) is 21.0 Å². The number of aryl methyl sites for hydroxylation is 2. The molecule has 7 nitrogen and oxygen atoms in total. The van der Waals surface area contributed by atoms with Crippen LogP contribution < -0.4 is 10.6 Å². The maximum Gasteiger partial charge on any atom is 0.154 e. The Morgan fingerprint density at radius 3 is 2.83 bits per heavy atom. The number of hydrogen-bond acceptors (Lipinski definition) is 6. The second kappa shape index (κ2) is 5.57. The summed E-state index contributed by atoms with van der Waals surface area (Å²) in [5.74, 6) is 1.08. The van der Waals surface area contributed by atoms with Crippen LogP contribution in [0.4, 0.5) is 17.3 Å². The molecule has 3 aromatic heterocycles. The predicted molar refractivity (Wildman–Crippen MR) is 89.3 cm³/mol. The molecule has 0 aliphatic rings. The second-order valence-electron chi connectivity index (χ2n) is 5.31. The molecule has 0 spiro atoms. The number of nitrogen functional groups attached to an aromatic ring is 1. The molecule has 0 aliphatic carbocycles. The van der Waals surface area contributed by atoms with Crippen LogP contribution in [-0.2, 0) is 13.5 Å². The van der Waals surface area contributed by atoms with Gasteiger partial charge in [0.05, 0.1) is 11.8 Å². The van der Waals surface area contributed by atoms with E-state index >= 15 is 0 Å².